The van der Waals surface area contributed by atoms with Crippen LogP contribution in [-0.4, -0.2) is 22.3 Å². The van der Waals surface area contributed by atoms with Crippen molar-refractivity contribution in [3.63, 3.8) is 0 Å². The lowest BCUT2D eigenvalue weighted by atomic mass is 9.97. The quantitative estimate of drug-likeness (QED) is 0.664. The van der Waals surface area contributed by atoms with Crippen LogP contribution < -0.4 is 5.32 Å². The number of H-pyrrole nitrogens is 1. The van der Waals surface area contributed by atoms with E-state index in [1.807, 2.05) is 20.0 Å². The van der Waals surface area contributed by atoms with Gasteiger partial charge >= 0.3 is 0 Å². The van der Waals surface area contributed by atoms with Crippen LogP contribution in [0.15, 0.2) is 6.20 Å². The summed E-state index contributed by atoms with van der Waals surface area (Å²) in [5.74, 6) is 0. The van der Waals surface area contributed by atoms with E-state index in [4.69, 9.17) is 0 Å². The second-order valence-electron chi connectivity index (χ2n) is 4.11. The molecule has 0 aromatic carbocycles. The Labute approximate surface area is 86.3 Å². The molecule has 0 amide bonds. The maximum absolute atomic E-state index is 4.06. The topological polar surface area (TPSA) is 40.7 Å². The average Bonchev–Trinajstić information content (AvgIpc) is 2.50. The molecule has 3 nitrogen and oxygen atoms in total. The molecule has 0 bridgehead atoms. The van der Waals surface area contributed by atoms with Crippen LogP contribution in [0.3, 0.4) is 0 Å². The Balaban J connectivity index is 0.000000461. The van der Waals surface area contributed by atoms with E-state index >= 15 is 0 Å². The molecule has 0 spiro atoms. The molecule has 0 fully saturated rings. The van der Waals surface area contributed by atoms with E-state index in [1.54, 1.807) is 0 Å². The zero-order valence-corrected chi connectivity index (χ0v) is 9.65. The summed E-state index contributed by atoms with van der Waals surface area (Å²) >= 11 is 0. The van der Waals surface area contributed by atoms with Crippen molar-refractivity contribution >= 4 is 0 Å². The molecule has 0 unspecified atom stereocenters. The van der Waals surface area contributed by atoms with Crippen molar-refractivity contribution in [3.8, 4) is 0 Å². The Hall–Kier alpha value is -0.830. The first-order chi connectivity index (χ1) is 6.67. The van der Waals surface area contributed by atoms with Gasteiger partial charge in [0.25, 0.3) is 0 Å². The minimum Gasteiger partial charge on any atom is -0.311 e. The largest absolute Gasteiger partial charge is 0.311 e. The summed E-state index contributed by atoms with van der Waals surface area (Å²) in [6, 6.07) is 0. The number of hydrogen-bond donors (Lipinski definition) is 2. The Morgan fingerprint density at radius 2 is 2.07 bits per heavy atom. The Morgan fingerprint density at radius 3 is 2.79 bits per heavy atom. The van der Waals surface area contributed by atoms with E-state index in [9.17, 15) is 0 Å². The average molecular weight is 195 g/mol. The maximum atomic E-state index is 4.06. The fourth-order valence-corrected chi connectivity index (χ4v) is 1.77. The lowest BCUT2D eigenvalue weighted by Crippen LogP contribution is -2.40. The van der Waals surface area contributed by atoms with Gasteiger partial charge in [-0.15, -0.1) is 0 Å². The molecule has 2 heterocycles. The Bertz CT molecular complexity index is 276. The number of fused-ring (bicyclic) bond motifs is 1. The lowest BCUT2D eigenvalue weighted by molar-refractivity contribution is 0.400. The van der Waals surface area contributed by atoms with Crippen molar-refractivity contribution < 1.29 is 0 Å². The van der Waals surface area contributed by atoms with E-state index in [1.165, 1.54) is 11.3 Å². The molecule has 14 heavy (non-hydrogen) atoms. The minimum absolute atomic E-state index is 0.217. The maximum Gasteiger partial charge on any atom is 0.0522 e. The van der Waals surface area contributed by atoms with Gasteiger partial charge < -0.3 is 5.32 Å². The molecular weight excluding hydrogens is 174 g/mol. The molecule has 80 valence electrons. The van der Waals surface area contributed by atoms with Crippen LogP contribution in [0.1, 0.15) is 39.0 Å². The first-order valence-electron chi connectivity index (χ1n) is 5.43. The highest BCUT2D eigenvalue weighted by atomic mass is 15.1. The van der Waals surface area contributed by atoms with Crippen molar-refractivity contribution in [2.45, 2.75) is 46.1 Å². The fraction of sp³-hybridized carbons (Fsp3) is 0.727. The second-order valence-corrected chi connectivity index (χ2v) is 4.11. The fourth-order valence-electron chi connectivity index (χ4n) is 1.77. The van der Waals surface area contributed by atoms with E-state index in [-0.39, 0.29) is 5.54 Å². The third-order valence-electron chi connectivity index (χ3n) is 2.42. The SMILES string of the molecule is CC.CC1(C)Cc2cn[nH]c2CCN1. The summed E-state index contributed by atoms with van der Waals surface area (Å²) in [4.78, 5) is 0. The standard InChI is InChI=1S/C9H15N3.C2H6/c1-9(2)5-7-6-11-12-8(7)3-4-10-9;1-2/h6,10H,3-5H2,1-2H3,(H,11,12);1-2H3. The van der Waals surface area contributed by atoms with Crippen LogP contribution in [0.2, 0.25) is 0 Å². The molecule has 0 radical (unpaired) electrons. The van der Waals surface area contributed by atoms with Crippen LogP contribution in [0, 0.1) is 0 Å². The monoisotopic (exact) mass is 195 g/mol. The molecule has 2 N–H and O–H groups in total. The van der Waals surface area contributed by atoms with Gasteiger partial charge in [0, 0.05) is 24.2 Å². The van der Waals surface area contributed by atoms with Gasteiger partial charge in [0.05, 0.1) is 6.20 Å². The molecule has 2 rings (SSSR count). The predicted octanol–water partition coefficient (Wildman–Crippen LogP) is 1.90. The van der Waals surface area contributed by atoms with Crippen molar-refractivity contribution in [2.75, 3.05) is 6.54 Å². The first-order valence-corrected chi connectivity index (χ1v) is 5.43. The van der Waals surface area contributed by atoms with Gasteiger partial charge in [-0.1, -0.05) is 13.8 Å². The van der Waals surface area contributed by atoms with Crippen LogP contribution in [0.5, 0.6) is 0 Å². The predicted molar refractivity (Wildman–Crippen MR) is 59.4 cm³/mol. The van der Waals surface area contributed by atoms with Gasteiger partial charge in [0.15, 0.2) is 0 Å². The summed E-state index contributed by atoms with van der Waals surface area (Å²) < 4.78 is 0. The summed E-state index contributed by atoms with van der Waals surface area (Å²) in [7, 11) is 0. The molecule has 0 saturated heterocycles. The Kier molecular flexibility index (Phi) is 3.69. The summed E-state index contributed by atoms with van der Waals surface area (Å²) in [5, 5.41) is 10.6. The van der Waals surface area contributed by atoms with Crippen LogP contribution in [-0.2, 0) is 12.8 Å². The summed E-state index contributed by atoms with van der Waals surface area (Å²) in [6.07, 6.45) is 4.08. The normalized spacial score (nSPS) is 18.9. The first kappa shape index (κ1) is 11.2. The number of aromatic amines is 1. The van der Waals surface area contributed by atoms with Crippen LogP contribution in [0.4, 0.5) is 0 Å². The van der Waals surface area contributed by atoms with Crippen LogP contribution in [0.25, 0.3) is 0 Å². The molecular formula is C11H21N3. The molecule has 1 aromatic heterocycles. The van der Waals surface area contributed by atoms with Crippen molar-refractivity contribution in [2.24, 2.45) is 0 Å². The molecule has 3 heteroatoms. The van der Waals surface area contributed by atoms with E-state index in [2.05, 4.69) is 29.4 Å². The van der Waals surface area contributed by atoms with Crippen molar-refractivity contribution in [1.82, 2.24) is 15.5 Å². The molecule has 1 aliphatic heterocycles. The number of nitrogens with zero attached hydrogens (tertiary/aromatic N) is 1. The number of rotatable bonds is 0. The molecule has 0 atom stereocenters. The zero-order valence-electron chi connectivity index (χ0n) is 9.65. The molecule has 1 aromatic rings. The third-order valence-corrected chi connectivity index (χ3v) is 2.42. The highest BCUT2D eigenvalue weighted by molar-refractivity contribution is 5.21. The van der Waals surface area contributed by atoms with Crippen molar-refractivity contribution in [3.05, 3.63) is 17.5 Å². The molecule has 0 saturated carbocycles. The molecule has 0 aliphatic carbocycles. The number of aromatic nitrogens is 2. The Morgan fingerprint density at radius 1 is 1.36 bits per heavy atom. The highest BCUT2D eigenvalue weighted by Crippen LogP contribution is 2.18. The van der Waals surface area contributed by atoms with Gasteiger partial charge in [-0.3, -0.25) is 5.10 Å². The van der Waals surface area contributed by atoms with Gasteiger partial charge in [-0.25, -0.2) is 0 Å². The summed E-state index contributed by atoms with van der Waals surface area (Å²) in [6.45, 7) is 9.51. The number of hydrogen-bond acceptors (Lipinski definition) is 2. The van der Waals surface area contributed by atoms with Crippen molar-refractivity contribution in [1.29, 1.82) is 0 Å². The van der Waals surface area contributed by atoms with E-state index < -0.39 is 0 Å². The van der Waals surface area contributed by atoms with Gasteiger partial charge in [0.1, 0.15) is 0 Å². The molecule has 1 aliphatic rings. The highest BCUT2D eigenvalue weighted by Gasteiger charge is 2.23. The minimum atomic E-state index is 0.217. The number of nitrogens with one attached hydrogen (secondary N) is 2. The van der Waals surface area contributed by atoms with E-state index in [0.29, 0.717) is 0 Å². The van der Waals surface area contributed by atoms with Crippen LogP contribution >= 0.6 is 0 Å². The van der Waals surface area contributed by atoms with E-state index in [0.717, 1.165) is 19.4 Å². The van der Waals surface area contributed by atoms with Gasteiger partial charge in [-0.05, 0) is 25.8 Å². The smallest absolute Gasteiger partial charge is 0.0522 e. The second kappa shape index (κ2) is 4.60. The lowest BCUT2D eigenvalue weighted by Gasteiger charge is -2.23. The summed E-state index contributed by atoms with van der Waals surface area (Å²) in [5.41, 5.74) is 2.88. The zero-order chi connectivity index (χ0) is 10.6. The van der Waals surface area contributed by atoms with Gasteiger partial charge in [0.2, 0.25) is 0 Å². The third kappa shape index (κ3) is 2.58. The van der Waals surface area contributed by atoms with Gasteiger partial charge in [-0.2, -0.15) is 5.10 Å².